The summed E-state index contributed by atoms with van der Waals surface area (Å²) in [6, 6.07) is 16.6. The van der Waals surface area contributed by atoms with E-state index in [1.807, 2.05) is 24.3 Å². The molecule has 16 nitrogen and oxygen atoms in total. The van der Waals surface area contributed by atoms with Crippen molar-refractivity contribution in [2.24, 2.45) is 0 Å². The van der Waals surface area contributed by atoms with Gasteiger partial charge in [0.15, 0.2) is 0 Å². The second-order valence-electron chi connectivity index (χ2n) is 17.6. The highest BCUT2D eigenvalue weighted by molar-refractivity contribution is 5.79. The van der Waals surface area contributed by atoms with Crippen LogP contribution in [0.2, 0.25) is 0 Å². The van der Waals surface area contributed by atoms with Crippen molar-refractivity contribution in [3.8, 4) is 11.1 Å². The van der Waals surface area contributed by atoms with Gasteiger partial charge in [-0.1, -0.05) is 133 Å². The Morgan fingerprint density at radius 2 is 0.694 bits per heavy atom. The normalized spacial score (nSPS) is 12.1. The van der Waals surface area contributed by atoms with Crippen molar-refractivity contribution in [3.05, 3.63) is 59.7 Å². The van der Waals surface area contributed by atoms with Crippen LogP contribution >= 0.6 is 0 Å². The van der Waals surface area contributed by atoms with Crippen LogP contribution in [-0.2, 0) is 66.4 Å². The Morgan fingerprint density at radius 1 is 0.375 bits per heavy atom. The molecule has 0 spiro atoms. The van der Waals surface area contributed by atoms with Gasteiger partial charge in [0.25, 0.3) is 0 Å². The number of hydrogen-bond acceptors (Lipinski definition) is 15. The molecule has 1 amide bonds. The zero-order valence-corrected chi connectivity index (χ0v) is 44.1. The maximum atomic E-state index is 12.3. The Balaban J connectivity index is 0.894. The molecule has 1 aliphatic rings. The lowest BCUT2D eigenvalue weighted by atomic mass is 9.98. The van der Waals surface area contributed by atoms with E-state index < -0.39 is 6.09 Å². The third kappa shape index (κ3) is 34.3. The average molecular weight is 1020 g/mol. The lowest BCUT2D eigenvalue weighted by Crippen LogP contribution is -2.27. The van der Waals surface area contributed by atoms with E-state index in [2.05, 4.69) is 36.5 Å². The third-order valence-corrected chi connectivity index (χ3v) is 11.8. The Bertz CT molecular complexity index is 1510. The molecule has 0 aliphatic heterocycles. The highest BCUT2D eigenvalue weighted by Gasteiger charge is 2.29. The van der Waals surface area contributed by atoms with Crippen LogP contribution in [0.1, 0.15) is 120 Å². The van der Waals surface area contributed by atoms with E-state index in [0.717, 1.165) is 12.8 Å². The molecule has 0 bridgehead atoms. The second-order valence-corrected chi connectivity index (χ2v) is 17.6. The first-order valence-electron chi connectivity index (χ1n) is 27.3. The fraction of sp³-hybridized carbons (Fsp3) is 0.750. The molecule has 0 aromatic heterocycles. The first-order chi connectivity index (χ1) is 35.7. The van der Waals surface area contributed by atoms with Gasteiger partial charge in [0.05, 0.1) is 139 Å². The van der Waals surface area contributed by atoms with Gasteiger partial charge in [0, 0.05) is 25.5 Å². The number of rotatable bonds is 53. The van der Waals surface area contributed by atoms with Crippen LogP contribution in [0.4, 0.5) is 4.79 Å². The van der Waals surface area contributed by atoms with E-state index in [4.69, 9.17) is 61.6 Å². The number of hydrogen-bond donors (Lipinski definition) is 1. The molecular formula is C56H93NO15. The number of fused-ring (bicyclic) bond motifs is 3. The second kappa shape index (κ2) is 47.5. The van der Waals surface area contributed by atoms with Gasteiger partial charge in [0.1, 0.15) is 13.2 Å². The van der Waals surface area contributed by atoms with E-state index in [9.17, 15) is 9.59 Å². The van der Waals surface area contributed by atoms with Crippen molar-refractivity contribution in [2.45, 2.75) is 109 Å². The Morgan fingerprint density at radius 3 is 1.07 bits per heavy atom. The first-order valence-corrected chi connectivity index (χ1v) is 27.3. The minimum absolute atomic E-state index is 0.0449. The zero-order valence-electron chi connectivity index (χ0n) is 44.1. The van der Waals surface area contributed by atoms with E-state index in [1.165, 1.54) is 92.9 Å². The molecule has 0 fully saturated rings. The van der Waals surface area contributed by atoms with Crippen LogP contribution in [0.5, 0.6) is 0 Å². The number of ether oxygens (including phenoxy) is 13. The van der Waals surface area contributed by atoms with Crippen LogP contribution in [0.3, 0.4) is 0 Å². The van der Waals surface area contributed by atoms with Crippen LogP contribution < -0.4 is 5.32 Å². The molecule has 0 saturated carbocycles. The summed E-state index contributed by atoms with van der Waals surface area (Å²) in [5, 5.41) is 2.81. The molecule has 3 rings (SSSR count). The molecule has 2 aromatic rings. The Labute approximate surface area is 432 Å². The molecule has 0 saturated heterocycles. The van der Waals surface area contributed by atoms with Crippen molar-refractivity contribution >= 4 is 12.1 Å². The Hall–Kier alpha value is -3.26. The van der Waals surface area contributed by atoms with Crippen LogP contribution in [0.15, 0.2) is 48.5 Å². The molecule has 1 aliphatic carbocycles. The van der Waals surface area contributed by atoms with Crippen LogP contribution in [-0.4, -0.2) is 177 Å². The number of carbonyl (C=O) groups is 2. The van der Waals surface area contributed by atoms with Crippen molar-refractivity contribution in [3.63, 3.8) is 0 Å². The maximum absolute atomic E-state index is 12.3. The topological polar surface area (TPSA) is 166 Å². The molecule has 0 heterocycles. The zero-order chi connectivity index (χ0) is 50.9. The summed E-state index contributed by atoms with van der Waals surface area (Å²) < 4.78 is 71.7. The minimum Gasteiger partial charge on any atom is -0.463 e. The van der Waals surface area contributed by atoms with Gasteiger partial charge >= 0.3 is 12.1 Å². The highest BCUT2D eigenvalue weighted by Crippen LogP contribution is 2.44. The highest BCUT2D eigenvalue weighted by atomic mass is 16.6. The largest absolute Gasteiger partial charge is 0.463 e. The van der Waals surface area contributed by atoms with Crippen molar-refractivity contribution in [1.82, 2.24) is 5.32 Å². The summed E-state index contributed by atoms with van der Waals surface area (Å²) in [6.07, 6.45) is 17.5. The summed E-state index contributed by atoms with van der Waals surface area (Å²) >= 11 is 0. The van der Waals surface area contributed by atoms with Crippen molar-refractivity contribution in [1.29, 1.82) is 0 Å². The van der Waals surface area contributed by atoms with Gasteiger partial charge in [0.2, 0.25) is 0 Å². The fourth-order valence-electron chi connectivity index (χ4n) is 7.89. The molecule has 72 heavy (non-hydrogen) atoms. The lowest BCUT2D eigenvalue weighted by Gasteiger charge is -2.14. The summed E-state index contributed by atoms with van der Waals surface area (Å²) in [7, 11) is 0. The summed E-state index contributed by atoms with van der Waals surface area (Å²) in [5.74, 6) is -0.0916. The number of nitrogens with one attached hydrogen (secondary N) is 1. The number of amides is 1. The SMILES string of the molecule is CCCCCCCCCCCCCCCC(=O)OCCOCCOCCOCCOCCOCCOCCOCCOCCOCCOCCOCCCNC(=O)OCC1c2ccccc2-c2ccccc21. The predicted molar refractivity (Wildman–Crippen MR) is 278 cm³/mol. The number of benzene rings is 2. The van der Waals surface area contributed by atoms with Crippen molar-refractivity contribution < 1.29 is 71.2 Å². The molecule has 0 atom stereocenters. The average Bonchev–Trinajstić information content (AvgIpc) is 3.72. The molecule has 1 N–H and O–H groups in total. The van der Waals surface area contributed by atoms with Crippen molar-refractivity contribution in [2.75, 3.05) is 165 Å². The predicted octanol–water partition coefficient (Wildman–Crippen LogP) is 9.12. The molecule has 16 heteroatoms. The van der Waals surface area contributed by atoms with Gasteiger partial charge in [-0.15, -0.1) is 0 Å². The quantitative estimate of drug-likeness (QED) is 0.0492. The maximum Gasteiger partial charge on any atom is 0.407 e. The molecule has 0 radical (unpaired) electrons. The number of esters is 1. The van der Waals surface area contributed by atoms with E-state index >= 15 is 0 Å². The summed E-state index contributed by atoms with van der Waals surface area (Å²) in [4.78, 5) is 24.2. The molecule has 2 aromatic carbocycles. The standard InChI is InChI=1S/C56H93NO15/c1-2-3-4-5-6-7-8-9-10-11-12-13-14-24-55(58)71-48-47-70-46-45-69-44-43-68-42-41-67-40-39-66-38-37-65-36-35-64-34-33-63-32-31-62-30-29-61-28-27-60-26-19-25-57-56(59)72-49-54-52-22-17-15-20-50(52)51-21-16-18-23-53(51)54/h15-18,20-23,54H,2-14,19,24-49H2,1H3,(H,57,59). The number of unbranched alkanes of at least 4 members (excludes halogenated alkanes) is 12. The lowest BCUT2D eigenvalue weighted by molar-refractivity contribution is -0.145. The number of carbonyl (C=O) groups excluding carboxylic acids is 2. The molecule has 0 unspecified atom stereocenters. The summed E-state index contributed by atoms with van der Waals surface area (Å²) in [6.45, 7) is 13.8. The molecular weight excluding hydrogens is 927 g/mol. The van der Waals surface area contributed by atoms with Crippen LogP contribution in [0.25, 0.3) is 11.1 Å². The van der Waals surface area contributed by atoms with E-state index in [1.54, 1.807) is 0 Å². The van der Waals surface area contributed by atoms with Gasteiger partial charge in [-0.3, -0.25) is 4.79 Å². The fourth-order valence-corrected chi connectivity index (χ4v) is 7.89. The van der Waals surface area contributed by atoms with Gasteiger partial charge in [-0.25, -0.2) is 4.79 Å². The first kappa shape index (κ1) is 63.0. The minimum atomic E-state index is -0.418. The number of alkyl carbamates (subject to hydrolysis) is 1. The third-order valence-electron chi connectivity index (χ3n) is 11.8. The van der Waals surface area contributed by atoms with E-state index in [-0.39, 0.29) is 18.5 Å². The molecule has 412 valence electrons. The van der Waals surface area contributed by atoms with Gasteiger partial charge in [-0.2, -0.15) is 0 Å². The van der Waals surface area contributed by atoms with Gasteiger partial charge in [-0.05, 0) is 35.1 Å². The van der Waals surface area contributed by atoms with Gasteiger partial charge < -0.3 is 66.9 Å². The summed E-state index contributed by atoms with van der Waals surface area (Å²) in [5.41, 5.74) is 4.80. The smallest absolute Gasteiger partial charge is 0.407 e. The Kier molecular flexibility index (Phi) is 41.5. The van der Waals surface area contributed by atoms with E-state index in [0.29, 0.717) is 171 Å². The van der Waals surface area contributed by atoms with Crippen LogP contribution in [0, 0.1) is 0 Å². The monoisotopic (exact) mass is 1020 g/mol.